The van der Waals surface area contributed by atoms with Crippen molar-refractivity contribution in [2.45, 2.75) is 26.3 Å². The third-order valence-electron chi connectivity index (χ3n) is 3.58. The largest absolute Gasteiger partial charge is 0.348 e. The van der Waals surface area contributed by atoms with Crippen molar-refractivity contribution in [1.82, 2.24) is 10.6 Å². The Morgan fingerprint density at radius 3 is 2.84 bits per heavy atom. The van der Waals surface area contributed by atoms with Crippen LogP contribution in [0.25, 0.3) is 0 Å². The fourth-order valence-corrected chi connectivity index (χ4v) is 2.17. The molecule has 1 heterocycles. The van der Waals surface area contributed by atoms with Gasteiger partial charge in [-0.15, -0.1) is 12.4 Å². The van der Waals surface area contributed by atoms with E-state index < -0.39 is 0 Å². The van der Waals surface area contributed by atoms with Crippen LogP contribution in [0.2, 0.25) is 0 Å². The number of aryl methyl sites for hydroxylation is 1. The number of hydrogen-bond acceptors (Lipinski definition) is 2. The molecule has 0 bridgehead atoms. The molecule has 0 aliphatic carbocycles. The van der Waals surface area contributed by atoms with Gasteiger partial charge in [0.2, 0.25) is 0 Å². The quantitative estimate of drug-likeness (QED) is 0.876. The first-order valence-electron chi connectivity index (χ1n) is 6.35. The number of carbonyl (C=O) groups excluding carboxylic acids is 1. The van der Waals surface area contributed by atoms with Gasteiger partial charge >= 0.3 is 0 Å². The second-order valence-corrected chi connectivity index (χ2v) is 5.01. The lowest BCUT2D eigenvalue weighted by molar-refractivity contribution is 0.0915. The number of carbonyl (C=O) groups is 1. The molecule has 0 saturated carbocycles. The van der Waals surface area contributed by atoms with Crippen molar-refractivity contribution < 1.29 is 9.18 Å². The van der Waals surface area contributed by atoms with Gasteiger partial charge in [0, 0.05) is 18.2 Å². The Kier molecular flexibility index (Phi) is 5.76. The first-order valence-corrected chi connectivity index (χ1v) is 6.35. The molecule has 1 aromatic rings. The van der Waals surface area contributed by atoms with Crippen molar-refractivity contribution in [3.8, 4) is 0 Å². The molecule has 19 heavy (non-hydrogen) atoms. The molecule has 1 aromatic carbocycles. The van der Waals surface area contributed by atoms with Gasteiger partial charge in [-0.2, -0.15) is 0 Å². The number of amides is 1. The summed E-state index contributed by atoms with van der Waals surface area (Å²) in [6.45, 7) is 5.58. The van der Waals surface area contributed by atoms with E-state index in [4.69, 9.17) is 0 Å². The van der Waals surface area contributed by atoms with Crippen LogP contribution in [0.4, 0.5) is 4.39 Å². The van der Waals surface area contributed by atoms with Gasteiger partial charge in [0.1, 0.15) is 5.82 Å². The zero-order chi connectivity index (χ0) is 13.1. The Hall–Kier alpha value is -1.13. The number of rotatable bonds is 2. The Balaban J connectivity index is 0.00000180. The van der Waals surface area contributed by atoms with Gasteiger partial charge < -0.3 is 10.6 Å². The zero-order valence-electron chi connectivity index (χ0n) is 11.2. The summed E-state index contributed by atoms with van der Waals surface area (Å²) in [5.41, 5.74) is 0.940. The smallest absolute Gasteiger partial charge is 0.251 e. The fourth-order valence-electron chi connectivity index (χ4n) is 2.17. The molecule has 1 amide bonds. The van der Waals surface area contributed by atoms with Crippen LogP contribution in [0.1, 0.15) is 29.3 Å². The highest BCUT2D eigenvalue weighted by atomic mass is 35.5. The molecule has 2 N–H and O–H groups in total. The maximum Gasteiger partial charge on any atom is 0.251 e. The predicted molar refractivity (Wildman–Crippen MR) is 76.3 cm³/mol. The van der Waals surface area contributed by atoms with E-state index in [9.17, 15) is 9.18 Å². The van der Waals surface area contributed by atoms with Gasteiger partial charge in [-0.05, 0) is 43.5 Å². The van der Waals surface area contributed by atoms with E-state index in [1.165, 1.54) is 6.07 Å². The van der Waals surface area contributed by atoms with Gasteiger partial charge in [0.25, 0.3) is 5.91 Å². The average molecular weight is 287 g/mol. The first-order chi connectivity index (χ1) is 8.58. The molecule has 106 valence electrons. The molecule has 1 aliphatic heterocycles. The molecule has 2 unspecified atom stereocenters. The minimum absolute atomic E-state index is 0. The number of piperidine rings is 1. The monoisotopic (exact) mass is 286 g/mol. The summed E-state index contributed by atoms with van der Waals surface area (Å²) in [5.74, 6) is -0.0857. The van der Waals surface area contributed by atoms with Crippen LogP contribution in [-0.2, 0) is 0 Å². The lowest BCUT2D eigenvalue weighted by Crippen LogP contribution is -2.50. The van der Waals surface area contributed by atoms with Gasteiger partial charge in [0.05, 0.1) is 0 Å². The van der Waals surface area contributed by atoms with Crippen molar-refractivity contribution in [3.05, 3.63) is 35.1 Å². The van der Waals surface area contributed by atoms with E-state index in [0.717, 1.165) is 19.5 Å². The lowest BCUT2D eigenvalue weighted by Gasteiger charge is -2.30. The third kappa shape index (κ3) is 3.91. The minimum atomic E-state index is -0.336. The van der Waals surface area contributed by atoms with Gasteiger partial charge in [-0.25, -0.2) is 4.39 Å². The number of hydrogen-bond donors (Lipinski definition) is 2. The van der Waals surface area contributed by atoms with E-state index in [2.05, 4.69) is 17.6 Å². The molecule has 0 spiro atoms. The first kappa shape index (κ1) is 15.9. The molecule has 0 aromatic heterocycles. The molecule has 1 aliphatic rings. The van der Waals surface area contributed by atoms with Crippen LogP contribution in [0.5, 0.6) is 0 Å². The van der Waals surface area contributed by atoms with Crippen LogP contribution in [0, 0.1) is 18.7 Å². The summed E-state index contributed by atoms with van der Waals surface area (Å²) in [5, 5.41) is 6.22. The van der Waals surface area contributed by atoms with Gasteiger partial charge in [-0.3, -0.25) is 4.79 Å². The maximum absolute atomic E-state index is 13.4. The van der Waals surface area contributed by atoms with Crippen molar-refractivity contribution in [2.24, 2.45) is 5.92 Å². The molecule has 2 atom stereocenters. The number of halogens is 2. The van der Waals surface area contributed by atoms with E-state index >= 15 is 0 Å². The van der Waals surface area contributed by atoms with E-state index in [0.29, 0.717) is 17.0 Å². The summed E-state index contributed by atoms with van der Waals surface area (Å²) >= 11 is 0. The molecule has 2 rings (SSSR count). The third-order valence-corrected chi connectivity index (χ3v) is 3.58. The van der Waals surface area contributed by atoms with E-state index in [-0.39, 0.29) is 30.2 Å². The summed E-state index contributed by atoms with van der Waals surface area (Å²) in [7, 11) is 0. The normalized spacial score (nSPS) is 22.5. The highest BCUT2D eigenvalue weighted by Crippen LogP contribution is 2.13. The lowest BCUT2D eigenvalue weighted by atomic mass is 9.94. The summed E-state index contributed by atoms with van der Waals surface area (Å²) in [6, 6.07) is 4.71. The highest BCUT2D eigenvalue weighted by Gasteiger charge is 2.23. The average Bonchev–Trinajstić information content (AvgIpc) is 2.35. The van der Waals surface area contributed by atoms with E-state index in [1.807, 2.05) is 0 Å². The molecule has 1 saturated heterocycles. The molecule has 3 nitrogen and oxygen atoms in total. The second-order valence-electron chi connectivity index (χ2n) is 5.01. The second kappa shape index (κ2) is 6.87. The van der Waals surface area contributed by atoms with Crippen molar-refractivity contribution in [1.29, 1.82) is 0 Å². The minimum Gasteiger partial charge on any atom is -0.348 e. The number of nitrogens with one attached hydrogen (secondary N) is 2. The van der Waals surface area contributed by atoms with Gasteiger partial charge in [0.15, 0.2) is 0 Å². The standard InChI is InChI=1S/C14H19FN2O.ClH/c1-9-3-4-11(7-12(9)15)14(18)17-13-8-16-6-5-10(13)2;/h3-4,7,10,13,16H,5-6,8H2,1-2H3,(H,17,18);1H. The molecule has 1 fully saturated rings. The van der Waals surface area contributed by atoms with Crippen LogP contribution in [0.15, 0.2) is 18.2 Å². The van der Waals surface area contributed by atoms with Gasteiger partial charge in [-0.1, -0.05) is 13.0 Å². The van der Waals surface area contributed by atoms with Crippen LogP contribution in [0.3, 0.4) is 0 Å². The Morgan fingerprint density at radius 2 is 2.21 bits per heavy atom. The Labute approximate surface area is 119 Å². The fraction of sp³-hybridized carbons (Fsp3) is 0.500. The summed E-state index contributed by atoms with van der Waals surface area (Å²) in [4.78, 5) is 12.0. The summed E-state index contributed by atoms with van der Waals surface area (Å²) < 4.78 is 13.4. The topological polar surface area (TPSA) is 41.1 Å². The maximum atomic E-state index is 13.4. The predicted octanol–water partition coefficient (Wildman–Crippen LogP) is 2.28. The molecular weight excluding hydrogens is 267 g/mol. The molecular formula is C14H20ClFN2O. The number of benzene rings is 1. The Bertz CT molecular complexity index is 453. The van der Waals surface area contributed by atoms with Crippen molar-refractivity contribution >= 4 is 18.3 Å². The Morgan fingerprint density at radius 1 is 1.47 bits per heavy atom. The molecule has 0 radical (unpaired) electrons. The summed E-state index contributed by atoms with van der Waals surface area (Å²) in [6.07, 6.45) is 1.05. The highest BCUT2D eigenvalue weighted by molar-refractivity contribution is 5.94. The molecule has 5 heteroatoms. The van der Waals surface area contributed by atoms with Crippen LogP contribution >= 0.6 is 12.4 Å². The van der Waals surface area contributed by atoms with E-state index in [1.54, 1.807) is 19.1 Å². The SMILES string of the molecule is Cc1ccc(C(=O)NC2CNCCC2C)cc1F.Cl. The van der Waals surface area contributed by atoms with Crippen molar-refractivity contribution in [3.63, 3.8) is 0 Å². The zero-order valence-corrected chi connectivity index (χ0v) is 12.0. The van der Waals surface area contributed by atoms with Crippen LogP contribution in [-0.4, -0.2) is 25.0 Å². The van der Waals surface area contributed by atoms with Crippen LogP contribution < -0.4 is 10.6 Å². The van der Waals surface area contributed by atoms with Crippen molar-refractivity contribution in [2.75, 3.05) is 13.1 Å².